The standard InChI is InChI=1S/C105H180O16P2/c1-4-7-10-13-16-19-22-25-28-31-34-37-40-43-46-47-48-49-50-51-54-56-58-61-64-67-70-73-76-79-82-85-88-91-103(108)115-94-100(106)95-117-122(111,112)118-96-101(107)97-119-123(113,114)120-99-102(121-105(110)93-90-87-84-81-78-75-72-69-66-63-60-57-53-45-42-39-36-33-30-27-24-21-18-15-12-9-6-3)98-116-104(109)92-89-86-83-80-77-74-71-68-65-62-59-55-52-44-41-38-35-32-29-26-23-20-17-14-11-8-5-2/h7-8,10-11,16-21,25-30,34-39,43-46,52-53,100-102,106-107H,4-6,9,12-15,22-24,31-33,40-42,47-51,54-99H2,1-3H3,(H,111,112)(H,113,114)/b10-7-,11-8-,19-16-,20-17-,21-18-,28-25-,29-26-,30-27-,37-34-,38-35-,39-36-,46-43-,52-44-,53-45-. The Labute approximate surface area is 752 Å². The molecule has 0 saturated heterocycles. The monoisotopic (exact) mass is 1760 g/mol. The van der Waals surface area contributed by atoms with Gasteiger partial charge in [-0.15, -0.1) is 0 Å². The van der Waals surface area contributed by atoms with Gasteiger partial charge in [-0.25, -0.2) is 9.13 Å². The predicted octanol–water partition coefficient (Wildman–Crippen LogP) is 31.0. The van der Waals surface area contributed by atoms with Crippen LogP contribution in [0.3, 0.4) is 0 Å². The Morgan fingerprint density at radius 1 is 0.236 bits per heavy atom. The molecule has 0 saturated carbocycles. The predicted molar refractivity (Wildman–Crippen MR) is 519 cm³/mol. The summed E-state index contributed by atoms with van der Waals surface area (Å²) in [6.07, 6.45) is 125. The number of unbranched alkanes of at least 4 members (excludes halogenated alkanes) is 42. The maximum absolute atomic E-state index is 13.1. The SMILES string of the molecule is CC/C=C\C/C=C\C/C=C\C/C=C\C/C=C\CCCCCCCCCCCCCCCCCCCC(=O)OCC(O)COP(=O)(O)OCC(O)COP(=O)(O)OCC(COC(=O)CCCCCCCCCCCCC/C=C\C/C=C\C/C=C\C/C=C\C/C=C\CC)OC(=O)CCCCCCCCCCCCC/C=C\C/C=C\C/C=C\C/C=C\CCCCC. The van der Waals surface area contributed by atoms with E-state index in [1.165, 1.54) is 193 Å². The third-order valence-corrected chi connectivity index (χ3v) is 22.8. The third kappa shape index (κ3) is 97.4. The van der Waals surface area contributed by atoms with Crippen molar-refractivity contribution in [2.75, 3.05) is 39.6 Å². The molecule has 0 bridgehead atoms. The average Bonchev–Trinajstić information content (AvgIpc) is 0.892. The first-order valence-corrected chi connectivity index (χ1v) is 52.4. The van der Waals surface area contributed by atoms with Gasteiger partial charge >= 0.3 is 33.6 Å². The quantitative estimate of drug-likeness (QED) is 0.0146. The van der Waals surface area contributed by atoms with E-state index in [2.05, 4.69) is 191 Å². The smallest absolute Gasteiger partial charge is 0.463 e. The number of aliphatic hydroxyl groups is 2. The van der Waals surface area contributed by atoms with Crippen molar-refractivity contribution < 1.29 is 75.8 Å². The van der Waals surface area contributed by atoms with Gasteiger partial charge in [-0.05, 0) is 154 Å². The molecule has 0 aromatic carbocycles. The van der Waals surface area contributed by atoms with Crippen molar-refractivity contribution in [2.24, 2.45) is 0 Å². The molecule has 0 fully saturated rings. The van der Waals surface area contributed by atoms with Crippen LogP contribution in [0.4, 0.5) is 0 Å². The molecule has 18 heteroatoms. The summed E-state index contributed by atoms with van der Waals surface area (Å²) < 4.78 is 61.6. The molecule has 0 aromatic heterocycles. The molecule has 0 aliphatic heterocycles. The number of carbonyl (C=O) groups is 3. The summed E-state index contributed by atoms with van der Waals surface area (Å²) in [7, 11) is -9.82. The normalized spacial score (nSPS) is 14.4. The van der Waals surface area contributed by atoms with Crippen LogP contribution in [-0.2, 0) is 55.8 Å². The molecular weight excluding hydrogens is 1580 g/mol. The zero-order valence-corrected chi connectivity index (χ0v) is 79.9. The highest BCUT2D eigenvalue weighted by atomic mass is 31.2. The molecule has 0 spiro atoms. The van der Waals surface area contributed by atoms with Crippen LogP contribution in [0.15, 0.2) is 170 Å². The number of allylic oxidation sites excluding steroid dienone is 28. The fraction of sp³-hybridized carbons (Fsp3) is 0.705. The number of hydrogen-bond acceptors (Lipinski definition) is 14. The Hall–Kier alpha value is -5.09. The number of ether oxygens (including phenoxy) is 3. The van der Waals surface area contributed by atoms with Crippen molar-refractivity contribution in [3.8, 4) is 0 Å². The largest absolute Gasteiger partial charge is 0.472 e. The van der Waals surface area contributed by atoms with E-state index < -0.39 is 91.5 Å². The first-order chi connectivity index (χ1) is 60.2. The number of hydrogen-bond donors (Lipinski definition) is 4. The Morgan fingerprint density at radius 3 is 0.683 bits per heavy atom. The highest BCUT2D eigenvalue weighted by Crippen LogP contribution is 2.45. The molecule has 4 N–H and O–H groups in total. The van der Waals surface area contributed by atoms with Crippen LogP contribution in [0.5, 0.6) is 0 Å². The van der Waals surface area contributed by atoms with Crippen molar-refractivity contribution in [1.29, 1.82) is 0 Å². The van der Waals surface area contributed by atoms with Crippen molar-refractivity contribution in [3.63, 3.8) is 0 Å². The van der Waals surface area contributed by atoms with Crippen molar-refractivity contribution in [3.05, 3.63) is 170 Å². The van der Waals surface area contributed by atoms with Crippen LogP contribution in [0.1, 0.15) is 419 Å². The Kier molecular flexibility index (Phi) is 92.0. The minimum atomic E-state index is -4.95. The van der Waals surface area contributed by atoms with Gasteiger partial charge in [-0.3, -0.25) is 32.5 Å². The number of phosphoric acid groups is 2. The van der Waals surface area contributed by atoms with Gasteiger partial charge in [0.2, 0.25) is 0 Å². The fourth-order valence-corrected chi connectivity index (χ4v) is 15.1. The van der Waals surface area contributed by atoms with Gasteiger partial charge in [0.05, 0.1) is 26.4 Å². The molecule has 0 aliphatic rings. The second-order valence-electron chi connectivity index (χ2n) is 32.8. The summed E-state index contributed by atoms with van der Waals surface area (Å²) in [5.41, 5.74) is 0. The van der Waals surface area contributed by atoms with E-state index in [4.69, 9.17) is 32.3 Å². The zero-order chi connectivity index (χ0) is 89.3. The third-order valence-electron chi connectivity index (χ3n) is 20.9. The van der Waals surface area contributed by atoms with Crippen LogP contribution >= 0.6 is 15.6 Å². The molecule has 0 heterocycles. The molecule has 0 amide bonds. The van der Waals surface area contributed by atoms with Gasteiger partial charge in [0.25, 0.3) is 0 Å². The van der Waals surface area contributed by atoms with Crippen LogP contribution in [0, 0.1) is 0 Å². The first-order valence-electron chi connectivity index (χ1n) is 49.4. The lowest BCUT2D eigenvalue weighted by Crippen LogP contribution is -2.30. The summed E-state index contributed by atoms with van der Waals surface area (Å²) in [6, 6.07) is 0. The molecule has 0 aromatic rings. The van der Waals surface area contributed by atoms with E-state index in [0.717, 1.165) is 167 Å². The topological polar surface area (TPSA) is 231 Å². The number of phosphoric ester groups is 2. The zero-order valence-electron chi connectivity index (χ0n) is 78.1. The van der Waals surface area contributed by atoms with Crippen LogP contribution in [-0.4, -0.2) is 95.9 Å². The summed E-state index contributed by atoms with van der Waals surface area (Å²) in [5.74, 6) is -1.57. The van der Waals surface area contributed by atoms with E-state index in [1.54, 1.807) is 0 Å². The molecular formula is C105H180O16P2. The molecule has 0 aliphatic carbocycles. The van der Waals surface area contributed by atoms with E-state index >= 15 is 0 Å². The molecule has 706 valence electrons. The van der Waals surface area contributed by atoms with Crippen molar-refractivity contribution in [1.82, 2.24) is 0 Å². The second-order valence-corrected chi connectivity index (χ2v) is 35.7. The van der Waals surface area contributed by atoms with Crippen LogP contribution in [0.2, 0.25) is 0 Å². The Morgan fingerprint density at radius 2 is 0.431 bits per heavy atom. The lowest BCUT2D eigenvalue weighted by Gasteiger charge is -2.21. The van der Waals surface area contributed by atoms with Crippen molar-refractivity contribution in [2.45, 2.75) is 437 Å². The van der Waals surface area contributed by atoms with Crippen LogP contribution in [0.25, 0.3) is 0 Å². The molecule has 5 unspecified atom stereocenters. The molecule has 5 atom stereocenters. The minimum Gasteiger partial charge on any atom is -0.463 e. The lowest BCUT2D eigenvalue weighted by atomic mass is 10.0. The van der Waals surface area contributed by atoms with Gasteiger partial charge < -0.3 is 34.2 Å². The summed E-state index contributed by atoms with van der Waals surface area (Å²) in [5, 5.41) is 20.8. The summed E-state index contributed by atoms with van der Waals surface area (Å²) >= 11 is 0. The van der Waals surface area contributed by atoms with E-state index in [1.807, 2.05) is 0 Å². The Bertz CT molecular complexity index is 2920. The minimum absolute atomic E-state index is 0.0968. The van der Waals surface area contributed by atoms with Gasteiger partial charge in [0, 0.05) is 19.3 Å². The maximum atomic E-state index is 13.1. The molecule has 16 nitrogen and oxygen atoms in total. The summed E-state index contributed by atoms with van der Waals surface area (Å²) in [6.45, 7) is 2.49. The van der Waals surface area contributed by atoms with Gasteiger partial charge in [-0.1, -0.05) is 416 Å². The van der Waals surface area contributed by atoms with Gasteiger partial charge in [0.15, 0.2) is 6.10 Å². The number of rotatable bonds is 93. The lowest BCUT2D eigenvalue weighted by molar-refractivity contribution is -0.161. The fourth-order valence-electron chi connectivity index (χ4n) is 13.5. The second kappa shape index (κ2) is 96.0. The molecule has 0 rings (SSSR count). The van der Waals surface area contributed by atoms with E-state index in [0.29, 0.717) is 19.3 Å². The van der Waals surface area contributed by atoms with Gasteiger partial charge in [0.1, 0.15) is 25.4 Å². The molecule has 123 heavy (non-hydrogen) atoms. The van der Waals surface area contributed by atoms with Crippen LogP contribution < -0.4 is 0 Å². The molecule has 0 radical (unpaired) electrons. The summed E-state index contributed by atoms with van der Waals surface area (Å²) in [4.78, 5) is 59.2. The maximum Gasteiger partial charge on any atom is 0.472 e. The Balaban J connectivity index is 4.60. The highest BCUT2D eigenvalue weighted by Gasteiger charge is 2.30. The van der Waals surface area contributed by atoms with Gasteiger partial charge in [-0.2, -0.15) is 0 Å². The average molecular weight is 1760 g/mol. The van der Waals surface area contributed by atoms with Crippen molar-refractivity contribution >= 4 is 33.6 Å². The van der Waals surface area contributed by atoms with E-state index in [9.17, 15) is 43.5 Å². The number of carbonyl (C=O) groups excluding carboxylic acids is 3. The number of esters is 3. The highest BCUT2D eigenvalue weighted by molar-refractivity contribution is 7.47. The van der Waals surface area contributed by atoms with E-state index in [-0.39, 0.29) is 19.3 Å². The first kappa shape index (κ1) is 118. The number of aliphatic hydroxyl groups excluding tert-OH is 2.